The fourth-order valence-corrected chi connectivity index (χ4v) is 1.82. The number of pyridine rings is 1. The van der Waals surface area contributed by atoms with Crippen molar-refractivity contribution in [2.24, 2.45) is 5.73 Å². The fourth-order valence-electron chi connectivity index (χ4n) is 1.68. The summed E-state index contributed by atoms with van der Waals surface area (Å²) in [7, 11) is 0. The molecule has 0 bridgehead atoms. The Morgan fingerprint density at radius 3 is 2.71 bits per heavy atom. The van der Waals surface area contributed by atoms with Crippen molar-refractivity contribution < 1.29 is 9.21 Å². The van der Waals surface area contributed by atoms with Gasteiger partial charge in [0.2, 0.25) is 5.89 Å². The van der Waals surface area contributed by atoms with Gasteiger partial charge in [-0.05, 0) is 12.1 Å². The molecular weight excluding hydrogens is 292 g/mol. The second-order valence-electron chi connectivity index (χ2n) is 5.62. The van der Waals surface area contributed by atoms with Gasteiger partial charge in [0, 0.05) is 5.41 Å². The largest absolute Gasteiger partial charge is 0.443 e. The van der Waals surface area contributed by atoms with E-state index in [1.807, 2.05) is 20.8 Å². The van der Waals surface area contributed by atoms with Gasteiger partial charge in [-0.1, -0.05) is 32.4 Å². The van der Waals surface area contributed by atoms with Crippen molar-refractivity contribution in [1.29, 1.82) is 0 Å². The van der Waals surface area contributed by atoms with Gasteiger partial charge in [0.05, 0.1) is 18.4 Å². The number of nitrogens with two attached hydrogens (primary N) is 1. The molecule has 112 valence electrons. The molecule has 0 aliphatic heterocycles. The minimum absolute atomic E-state index is 0.0881. The highest BCUT2D eigenvalue weighted by molar-refractivity contribution is 6.29. The molecule has 2 rings (SSSR count). The van der Waals surface area contributed by atoms with Crippen molar-refractivity contribution in [3.8, 4) is 0 Å². The Balaban J connectivity index is 2.13. The van der Waals surface area contributed by atoms with Crippen molar-refractivity contribution in [3.05, 3.63) is 40.8 Å². The lowest BCUT2D eigenvalue weighted by atomic mass is 9.94. The molecule has 0 atom stereocenters. The zero-order chi connectivity index (χ0) is 15.6. The summed E-state index contributed by atoms with van der Waals surface area (Å²) >= 11 is 5.75. The van der Waals surface area contributed by atoms with Crippen molar-refractivity contribution in [1.82, 2.24) is 9.97 Å². The van der Waals surface area contributed by atoms with Crippen LogP contribution in [0.5, 0.6) is 0 Å². The van der Waals surface area contributed by atoms with Crippen LogP contribution in [0, 0.1) is 0 Å². The molecule has 0 saturated carbocycles. The number of carbonyl (C=O) groups excluding carboxylic acids is 1. The van der Waals surface area contributed by atoms with E-state index in [0.29, 0.717) is 18.1 Å². The molecular formula is C14H17ClN4O2. The number of halogens is 1. The second-order valence-corrected chi connectivity index (χ2v) is 6.00. The normalized spacial score (nSPS) is 11.4. The molecule has 2 aromatic rings. The van der Waals surface area contributed by atoms with Gasteiger partial charge in [0.15, 0.2) is 5.69 Å². The van der Waals surface area contributed by atoms with E-state index >= 15 is 0 Å². The SMILES string of the molecule is CC(C)(C)c1cnc(CNc2ccc(Cl)nc2C(N)=O)o1. The molecule has 6 nitrogen and oxygen atoms in total. The lowest BCUT2D eigenvalue weighted by Crippen LogP contribution is -2.16. The lowest BCUT2D eigenvalue weighted by molar-refractivity contribution is 0.0996. The summed E-state index contributed by atoms with van der Waals surface area (Å²) in [6.45, 7) is 6.44. The quantitative estimate of drug-likeness (QED) is 0.847. The average molecular weight is 309 g/mol. The molecule has 3 N–H and O–H groups in total. The zero-order valence-corrected chi connectivity index (χ0v) is 12.9. The number of nitrogens with one attached hydrogen (secondary N) is 1. The number of aromatic nitrogens is 2. The van der Waals surface area contributed by atoms with Gasteiger partial charge in [0.1, 0.15) is 10.9 Å². The molecule has 0 spiro atoms. The summed E-state index contributed by atoms with van der Waals surface area (Å²) in [4.78, 5) is 19.4. The van der Waals surface area contributed by atoms with Crippen molar-refractivity contribution in [2.45, 2.75) is 32.7 Å². The minimum Gasteiger partial charge on any atom is -0.443 e. The van der Waals surface area contributed by atoms with E-state index in [1.54, 1.807) is 18.3 Å². The average Bonchev–Trinajstić information content (AvgIpc) is 2.85. The molecule has 0 fully saturated rings. The maximum absolute atomic E-state index is 11.3. The van der Waals surface area contributed by atoms with Gasteiger partial charge in [-0.3, -0.25) is 4.79 Å². The fraction of sp³-hybridized carbons (Fsp3) is 0.357. The maximum atomic E-state index is 11.3. The van der Waals surface area contributed by atoms with Crippen LogP contribution in [0.2, 0.25) is 5.15 Å². The third kappa shape index (κ3) is 3.72. The predicted octanol–water partition coefficient (Wildman–Crippen LogP) is 2.73. The van der Waals surface area contributed by atoms with Crippen LogP contribution in [-0.4, -0.2) is 15.9 Å². The van der Waals surface area contributed by atoms with Gasteiger partial charge < -0.3 is 15.5 Å². The molecule has 0 aliphatic rings. The van der Waals surface area contributed by atoms with E-state index in [2.05, 4.69) is 15.3 Å². The Kier molecular flexibility index (Phi) is 4.18. The van der Waals surface area contributed by atoms with Gasteiger partial charge in [-0.2, -0.15) is 0 Å². The summed E-state index contributed by atoms with van der Waals surface area (Å²) in [6, 6.07) is 3.22. The van der Waals surface area contributed by atoms with E-state index in [4.69, 9.17) is 21.8 Å². The molecule has 0 unspecified atom stereocenters. The van der Waals surface area contributed by atoms with Crippen LogP contribution in [0.4, 0.5) is 5.69 Å². The van der Waals surface area contributed by atoms with Gasteiger partial charge in [-0.25, -0.2) is 9.97 Å². The molecule has 0 saturated heterocycles. The monoisotopic (exact) mass is 308 g/mol. The van der Waals surface area contributed by atoms with E-state index in [0.717, 1.165) is 5.76 Å². The summed E-state index contributed by atoms with van der Waals surface area (Å²) in [5.41, 5.74) is 5.75. The molecule has 0 aliphatic carbocycles. The number of carbonyl (C=O) groups is 1. The first-order chi connectivity index (χ1) is 9.77. The van der Waals surface area contributed by atoms with E-state index in [9.17, 15) is 4.79 Å². The zero-order valence-electron chi connectivity index (χ0n) is 12.1. The predicted molar refractivity (Wildman–Crippen MR) is 80.3 cm³/mol. The molecule has 2 aromatic heterocycles. The van der Waals surface area contributed by atoms with E-state index < -0.39 is 5.91 Å². The van der Waals surface area contributed by atoms with E-state index in [1.165, 1.54) is 0 Å². The topological polar surface area (TPSA) is 94.0 Å². The Bertz CT molecular complexity index is 661. The van der Waals surface area contributed by atoms with Crippen molar-refractivity contribution in [3.63, 3.8) is 0 Å². The molecule has 2 heterocycles. The Morgan fingerprint density at radius 2 is 2.14 bits per heavy atom. The van der Waals surface area contributed by atoms with Crippen LogP contribution in [0.25, 0.3) is 0 Å². The van der Waals surface area contributed by atoms with Gasteiger partial charge in [0.25, 0.3) is 5.91 Å². The van der Waals surface area contributed by atoms with Gasteiger partial charge >= 0.3 is 0 Å². The number of nitrogens with zero attached hydrogens (tertiary/aromatic N) is 2. The first kappa shape index (κ1) is 15.3. The number of anilines is 1. The highest BCUT2D eigenvalue weighted by Crippen LogP contribution is 2.23. The first-order valence-electron chi connectivity index (χ1n) is 6.43. The summed E-state index contributed by atoms with van der Waals surface area (Å²) < 4.78 is 5.66. The van der Waals surface area contributed by atoms with Crippen molar-refractivity contribution in [2.75, 3.05) is 5.32 Å². The number of hydrogen-bond acceptors (Lipinski definition) is 5. The minimum atomic E-state index is -0.650. The third-order valence-electron chi connectivity index (χ3n) is 2.82. The Morgan fingerprint density at radius 1 is 1.43 bits per heavy atom. The number of primary amides is 1. The Labute approximate surface area is 127 Å². The standard InChI is InChI=1S/C14H17ClN4O2/c1-14(2,3)9-6-18-11(21-9)7-17-8-4-5-10(15)19-12(8)13(16)20/h4-6,17H,7H2,1-3H3,(H2,16,20). The van der Waals surface area contributed by atoms with Crippen LogP contribution in [0.15, 0.2) is 22.7 Å². The highest BCUT2D eigenvalue weighted by Gasteiger charge is 2.19. The van der Waals surface area contributed by atoms with Crippen LogP contribution in [0.3, 0.4) is 0 Å². The summed E-state index contributed by atoms with van der Waals surface area (Å²) in [5, 5.41) is 3.23. The molecule has 7 heteroatoms. The van der Waals surface area contributed by atoms with Crippen LogP contribution in [0.1, 0.15) is 42.9 Å². The smallest absolute Gasteiger partial charge is 0.269 e. The van der Waals surface area contributed by atoms with Gasteiger partial charge in [-0.15, -0.1) is 0 Å². The van der Waals surface area contributed by atoms with Crippen LogP contribution in [-0.2, 0) is 12.0 Å². The molecule has 0 radical (unpaired) electrons. The molecule has 1 amide bonds. The van der Waals surface area contributed by atoms with Crippen LogP contribution < -0.4 is 11.1 Å². The Hall–Kier alpha value is -2.08. The van der Waals surface area contributed by atoms with Crippen molar-refractivity contribution >= 4 is 23.2 Å². The molecule has 21 heavy (non-hydrogen) atoms. The highest BCUT2D eigenvalue weighted by atomic mass is 35.5. The summed E-state index contributed by atoms with van der Waals surface area (Å²) in [6.07, 6.45) is 1.70. The number of rotatable bonds is 4. The number of hydrogen-bond donors (Lipinski definition) is 2. The third-order valence-corrected chi connectivity index (χ3v) is 3.03. The number of amides is 1. The lowest BCUT2D eigenvalue weighted by Gasteiger charge is -2.13. The second kappa shape index (κ2) is 5.73. The first-order valence-corrected chi connectivity index (χ1v) is 6.80. The van der Waals surface area contributed by atoms with E-state index in [-0.39, 0.29) is 16.3 Å². The number of oxazole rings is 1. The maximum Gasteiger partial charge on any atom is 0.269 e. The summed E-state index contributed by atoms with van der Waals surface area (Å²) in [5.74, 6) is 0.664. The molecule has 0 aromatic carbocycles. The van der Waals surface area contributed by atoms with Crippen LogP contribution >= 0.6 is 11.6 Å².